The molecule has 0 amide bonds. The Balaban J connectivity index is 2.88. The van der Waals surface area contributed by atoms with Crippen LogP contribution in [0.5, 0.6) is 0 Å². The predicted octanol–water partition coefficient (Wildman–Crippen LogP) is 1.83. The molecule has 0 saturated heterocycles. The van der Waals surface area contributed by atoms with Crippen LogP contribution in [0, 0.1) is 18.3 Å². The van der Waals surface area contributed by atoms with Crippen molar-refractivity contribution >= 4 is 5.82 Å². The maximum Gasteiger partial charge on any atom is 0.144 e. The Morgan fingerprint density at radius 1 is 1.62 bits per heavy atom. The van der Waals surface area contributed by atoms with Crippen molar-refractivity contribution in [1.82, 2.24) is 4.98 Å². The highest BCUT2D eigenvalue weighted by atomic mass is 16.3. The van der Waals surface area contributed by atoms with Crippen LogP contribution in [0.2, 0.25) is 0 Å². The van der Waals surface area contributed by atoms with Gasteiger partial charge in [-0.15, -0.1) is 0 Å². The van der Waals surface area contributed by atoms with E-state index in [0.717, 1.165) is 12.0 Å². The van der Waals surface area contributed by atoms with Gasteiger partial charge in [-0.1, -0.05) is 6.92 Å². The second-order valence-electron chi connectivity index (χ2n) is 3.73. The quantitative estimate of drug-likeness (QED) is 0.792. The predicted molar refractivity (Wildman–Crippen MR) is 63.1 cm³/mol. The summed E-state index contributed by atoms with van der Waals surface area (Å²) in [5, 5.41) is 21.1. The Morgan fingerprint density at radius 3 is 2.94 bits per heavy atom. The molecule has 0 saturated carbocycles. The van der Waals surface area contributed by atoms with Crippen molar-refractivity contribution in [2.24, 2.45) is 0 Å². The molecule has 0 fully saturated rings. The third-order valence-electron chi connectivity index (χ3n) is 2.58. The van der Waals surface area contributed by atoms with Gasteiger partial charge in [-0.05, 0) is 31.4 Å². The third-order valence-corrected chi connectivity index (χ3v) is 2.58. The van der Waals surface area contributed by atoms with Crippen molar-refractivity contribution in [1.29, 1.82) is 5.26 Å². The molecule has 4 heteroatoms. The second kappa shape index (κ2) is 6.09. The summed E-state index contributed by atoms with van der Waals surface area (Å²) in [6.45, 7) is 4.06. The lowest BCUT2D eigenvalue weighted by Crippen LogP contribution is -2.21. The van der Waals surface area contributed by atoms with Gasteiger partial charge in [-0.25, -0.2) is 4.98 Å². The molecule has 1 heterocycles. The Labute approximate surface area is 95.9 Å². The molecule has 16 heavy (non-hydrogen) atoms. The van der Waals surface area contributed by atoms with E-state index in [4.69, 9.17) is 10.4 Å². The number of anilines is 1. The van der Waals surface area contributed by atoms with E-state index in [2.05, 4.69) is 16.4 Å². The van der Waals surface area contributed by atoms with Gasteiger partial charge in [-0.2, -0.15) is 5.26 Å². The molecule has 0 aliphatic carbocycles. The van der Waals surface area contributed by atoms with Crippen molar-refractivity contribution in [3.63, 3.8) is 0 Å². The standard InChI is InChI=1S/C12H17N3O/c1-3-10(5-7-16)15-12-11(8-13)9(2)4-6-14-12/h4,6,10,16H,3,5,7H2,1-2H3,(H,14,15). The second-order valence-corrected chi connectivity index (χ2v) is 3.73. The first kappa shape index (κ1) is 12.5. The fraction of sp³-hybridized carbons (Fsp3) is 0.500. The highest BCUT2D eigenvalue weighted by Crippen LogP contribution is 2.17. The number of hydrogen-bond acceptors (Lipinski definition) is 4. The lowest BCUT2D eigenvalue weighted by atomic mass is 10.1. The van der Waals surface area contributed by atoms with Crippen LogP contribution in [-0.4, -0.2) is 22.7 Å². The number of aliphatic hydroxyl groups excluding tert-OH is 1. The van der Waals surface area contributed by atoms with E-state index in [0.29, 0.717) is 17.8 Å². The van der Waals surface area contributed by atoms with Gasteiger partial charge in [0.05, 0.1) is 5.56 Å². The SMILES string of the molecule is CCC(CCO)Nc1nccc(C)c1C#N. The number of nitrogens with zero attached hydrogens (tertiary/aromatic N) is 2. The first-order chi connectivity index (χ1) is 7.72. The minimum absolute atomic E-state index is 0.138. The number of aliphatic hydroxyl groups is 1. The monoisotopic (exact) mass is 219 g/mol. The Kier molecular flexibility index (Phi) is 4.74. The molecule has 1 unspecified atom stereocenters. The molecule has 1 rings (SSSR count). The van der Waals surface area contributed by atoms with E-state index in [1.807, 2.05) is 19.9 Å². The summed E-state index contributed by atoms with van der Waals surface area (Å²) in [5.41, 5.74) is 1.50. The van der Waals surface area contributed by atoms with Gasteiger partial charge >= 0.3 is 0 Å². The Hall–Kier alpha value is -1.60. The molecule has 4 nitrogen and oxygen atoms in total. The zero-order chi connectivity index (χ0) is 12.0. The van der Waals surface area contributed by atoms with E-state index >= 15 is 0 Å². The summed E-state index contributed by atoms with van der Waals surface area (Å²) >= 11 is 0. The van der Waals surface area contributed by atoms with E-state index in [1.54, 1.807) is 6.20 Å². The molecule has 0 bridgehead atoms. The molecule has 0 aromatic carbocycles. The van der Waals surface area contributed by atoms with E-state index in [1.165, 1.54) is 0 Å². The molecule has 0 radical (unpaired) electrons. The van der Waals surface area contributed by atoms with Crippen molar-refractivity contribution < 1.29 is 5.11 Å². The van der Waals surface area contributed by atoms with Crippen LogP contribution in [0.1, 0.15) is 30.9 Å². The zero-order valence-corrected chi connectivity index (χ0v) is 9.70. The maximum absolute atomic E-state index is 9.04. The van der Waals surface area contributed by atoms with Crippen LogP contribution in [0.3, 0.4) is 0 Å². The smallest absolute Gasteiger partial charge is 0.144 e. The van der Waals surface area contributed by atoms with Crippen LogP contribution in [-0.2, 0) is 0 Å². The van der Waals surface area contributed by atoms with Gasteiger partial charge in [0.25, 0.3) is 0 Å². The third kappa shape index (κ3) is 2.94. The number of rotatable bonds is 5. The fourth-order valence-corrected chi connectivity index (χ4v) is 1.54. The molecule has 2 N–H and O–H groups in total. The first-order valence-corrected chi connectivity index (χ1v) is 5.46. The molecule has 1 atom stereocenters. The average molecular weight is 219 g/mol. The van der Waals surface area contributed by atoms with Crippen LogP contribution in [0.4, 0.5) is 5.82 Å². The van der Waals surface area contributed by atoms with Crippen LogP contribution < -0.4 is 5.32 Å². The van der Waals surface area contributed by atoms with Gasteiger partial charge in [0, 0.05) is 18.8 Å². The first-order valence-electron chi connectivity index (χ1n) is 5.46. The van der Waals surface area contributed by atoms with Crippen molar-refractivity contribution in [3.05, 3.63) is 23.4 Å². The normalized spacial score (nSPS) is 11.9. The largest absolute Gasteiger partial charge is 0.396 e. The van der Waals surface area contributed by atoms with Gasteiger partial charge in [0.2, 0.25) is 0 Å². The van der Waals surface area contributed by atoms with E-state index in [-0.39, 0.29) is 12.6 Å². The molecule has 1 aromatic rings. The lowest BCUT2D eigenvalue weighted by Gasteiger charge is -2.17. The van der Waals surface area contributed by atoms with Crippen molar-refractivity contribution in [2.45, 2.75) is 32.7 Å². The average Bonchev–Trinajstić information content (AvgIpc) is 2.28. The summed E-state index contributed by atoms with van der Waals surface area (Å²) in [4.78, 5) is 4.17. The molecular formula is C12H17N3O. The van der Waals surface area contributed by atoms with Gasteiger partial charge in [0.1, 0.15) is 11.9 Å². The highest BCUT2D eigenvalue weighted by Gasteiger charge is 2.11. The summed E-state index contributed by atoms with van der Waals surface area (Å²) in [6.07, 6.45) is 3.24. The summed E-state index contributed by atoms with van der Waals surface area (Å²) in [5.74, 6) is 0.614. The van der Waals surface area contributed by atoms with Crippen molar-refractivity contribution in [3.8, 4) is 6.07 Å². The number of nitrogens with one attached hydrogen (secondary N) is 1. The molecule has 86 valence electrons. The lowest BCUT2D eigenvalue weighted by molar-refractivity contribution is 0.278. The fourth-order valence-electron chi connectivity index (χ4n) is 1.54. The zero-order valence-electron chi connectivity index (χ0n) is 9.70. The van der Waals surface area contributed by atoms with Crippen LogP contribution in [0.15, 0.2) is 12.3 Å². The molecule has 0 aliphatic rings. The molecule has 1 aromatic heterocycles. The number of nitriles is 1. The minimum Gasteiger partial charge on any atom is -0.396 e. The van der Waals surface area contributed by atoms with Gasteiger partial charge in [0.15, 0.2) is 0 Å². The summed E-state index contributed by atoms with van der Waals surface area (Å²) < 4.78 is 0. The van der Waals surface area contributed by atoms with Gasteiger partial charge in [-0.3, -0.25) is 0 Å². The van der Waals surface area contributed by atoms with Crippen LogP contribution in [0.25, 0.3) is 0 Å². The molecule has 0 aliphatic heterocycles. The highest BCUT2D eigenvalue weighted by molar-refractivity contribution is 5.55. The topological polar surface area (TPSA) is 68.9 Å². The molecular weight excluding hydrogens is 202 g/mol. The minimum atomic E-state index is 0.138. The van der Waals surface area contributed by atoms with Gasteiger partial charge < -0.3 is 10.4 Å². The van der Waals surface area contributed by atoms with Crippen LogP contribution >= 0.6 is 0 Å². The summed E-state index contributed by atoms with van der Waals surface area (Å²) in [7, 11) is 0. The number of aromatic nitrogens is 1. The number of hydrogen-bond donors (Lipinski definition) is 2. The van der Waals surface area contributed by atoms with E-state index in [9.17, 15) is 0 Å². The van der Waals surface area contributed by atoms with E-state index < -0.39 is 0 Å². The number of aryl methyl sites for hydroxylation is 1. The maximum atomic E-state index is 9.04. The Bertz CT molecular complexity index is 384. The molecule has 0 spiro atoms. The number of pyridine rings is 1. The summed E-state index contributed by atoms with van der Waals surface area (Å²) in [6, 6.07) is 4.12. The Morgan fingerprint density at radius 2 is 2.38 bits per heavy atom. The van der Waals surface area contributed by atoms with Crippen molar-refractivity contribution in [2.75, 3.05) is 11.9 Å².